The van der Waals surface area contributed by atoms with Crippen LogP contribution in [-0.2, 0) is 0 Å². The number of para-hydroxylation sites is 1. The molecule has 176 valence electrons. The summed E-state index contributed by atoms with van der Waals surface area (Å²) in [4.78, 5) is 16.1. The number of fused-ring (bicyclic) bond motifs is 1. The molecule has 3 aromatic carbocycles. The molecule has 0 radical (unpaired) electrons. The number of carbonyl (C=O) groups is 1. The summed E-state index contributed by atoms with van der Waals surface area (Å²) in [5.74, 6) is 1.64. The molecule has 0 atom stereocenters. The molecule has 0 N–H and O–H groups in total. The van der Waals surface area contributed by atoms with Crippen molar-refractivity contribution in [2.24, 2.45) is 0 Å². The van der Waals surface area contributed by atoms with Crippen LogP contribution in [0, 0.1) is 0 Å². The van der Waals surface area contributed by atoms with Crippen LogP contribution in [0.1, 0.15) is 36.2 Å². The molecule has 0 fully saturated rings. The molecule has 0 saturated carbocycles. The molecule has 0 spiro atoms. The smallest absolute Gasteiger partial charge is 0.197 e. The fraction of sp³-hybridized carbons (Fsp3) is 0.276. The van der Waals surface area contributed by atoms with Crippen LogP contribution in [0.15, 0.2) is 77.2 Å². The number of rotatable bonds is 11. The Bertz CT molecular complexity index is 1240. The van der Waals surface area contributed by atoms with E-state index in [1.165, 1.54) is 0 Å². The first-order valence-electron chi connectivity index (χ1n) is 11.8. The fourth-order valence-electron chi connectivity index (χ4n) is 4.15. The van der Waals surface area contributed by atoms with Crippen LogP contribution < -0.4 is 9.47 Å². The first kappa shape index (κ1) is 23.6. The van der Waals surface area contributed by atoms with Gasteiger partial charge < -0.3 is 18.8 Å². The van der Waals surface area contributed by atoms with Gasteiger partial charge in [0.1, 0.15) is 11.3 Å². The summed E-state index contributed by atoms with van der Waals surface area (Å²) in [6, 6.07) is 22.7. The quantitative estimate of drug-likeness (QED) is 0.191. The topological polar surface area (TPSA) is 51.9 Å². The summed E-state index contributed by atoms with van der Waals surface area (Å²) >= 11 is 0. The number of benzene rings is 3. The van der Waals surface area contributed by atoms with Crippen LogP contribution in [0.25, 0.3) is 22.3 Å². The Morgan fingerprint density at radius 2 is 1.65 bits per heavy atom. The van der Waals surface area contributed by atoms with E-state index in [1.54, 1.807) is 19.2 Å². The lowest BCUT2D eigenvalue weighted by Crippen LogP contribution is -2.25. The van der Waals surface area contributed by atoms with Gasteiger partial charge in [-0.3, -0.25) is 4.79 Å². The number of nitrogens with zero attached hydrogens (tertiary/aromatic N) is 1. The van der Waals surface area contributed by atoms with Crippen molar-refractivity contribution in [3.63, 3.8) is 0 Å². The number of ether oxygens (including phenoxy) is 2. The van der Waals surface area contributed by atoms with Crippen LogP contribution in [0.3, 0.4) is 0 Å². The van der Waals surface area contributed by atoms with Gasteiger partial charge in [-0.2, -0.15) is 0 Å². The van der Waals surface area contributed by atoms with Crippen molar-refractivity contribution in [1.82, 2.24) is 4.90 Å². The fourth-order valence-corrected chi connectivity index (χ4v) is 4.15. The van der Waals surface area contributed by atoms with Gasteiger partial charge >= 0.3 is 0 Å². The molecule has 0 unspecified atom stereocenters. The summed E-state index contributed by atoms with van der Waals surface area (Å²) in [6.07, 6.45) is 0.924. The van der Waals surface area contributed by atoms with Crippen LogP contribution in [0.4, 0.5) is 0 Å². The van der Waals surface area contributed by atoms with E-state index in [9.17, 15) is 4.79 Å². The Morgan fingerprint density at radius 1 is 0.912 bits per heavy atom. The van der Waals surface area contributed by atoms with Crippen molar-refractivity contribution >= 4 is 16.8 Å². The normalized spacial score (nSPS) is 11.2. The van der Waals surface area contributed by atoms with E-state index in [2.05, 4.69) is 18.7 Å². The van der Waals surface area contributed by atoms with Crippen LogP contribution in [0.5, 0.6) is 11.5 Å². The van der Waals surface area contributed by atoms with Gasteiger partial charge in [-0.05, 0) is 43.8 Å². The maximum atomic E-state index is 13.7. The second-order valence-electron chi connectivity index (χ2n) is 8.09. The molecule has 0 aliphatic heterocycles. The van der Waals surface area contributed by atoms with Crippen LogP contribution in [-0.4, -0.2) is 44.0 Å². The van der Waals surface area contributed by atoms with Gasteiger partial charge in [0.05, 0.1) is 19.3 Å². The standard InChI is InChI=1S/C29H31NO4/c1-4-30(5-2)18-11-19-33-25-17-16-22(20-26(25)32-3)28(31)27-23-14-9-10-15-24(23)34-29(27)21-12-7-6-8-13-21/h6-10,12-17,20H,4-5,11,18-19H2,1-3H3. The van der Waals surface area contributed by atoms with E-state index in [-0.39, 0.29) is 5.78 Å². The summed E-state index contributed by atoms with van der Waals surface area (Å²) < 4.78 is 17.7. The Hall–Kier alpha value is -3.57. The molecule has 0 amide bonds. The third-order valence-corrected chi connectivity index (χ3v) is 6.06. The van der Waals surface area contributed by atoms with Crippen LogP contribution >= 0.6 is 0 Å². The van der Waals surface area contributed by atoms with E-state index in [0.29, 0.717) is 40.6 Å². The van der Waals surface area contributed by atoms with Gasteiger partial charge in [0.2, 0.25) is 0 Å². The van der Waals surface area contributed by atoms with Crippen molar-refractivity contribution in [2.45, 2.75) is 20.3 Å². The molecule has 34 heavy (non-hydrogen) atoms. The number of hydrogen-bond donors (Lipinski definition) is 0. The molecule has 0 saturated heterocycles. The predicted molar refractivity (Wildman–Crippen MR) is 136 cm³/mol. The zero-order valence-corrected chi connectivity index (χ0v) is 20.0. The average Bonchev–Trinajstić information content (AvgIpc) is 3.28. The van der Waals surface area contributed by atoms with Gasteiger partial charge in [0.15, 0.2) is 17.3 Å². The lowest BCUT2D eigenvalue weighted by atomic mass is 9.97. The van der Waals surface area contributed by atoms with E-state index >= 15 is 0 Å². The largest absolute Gasteiger partial charge is 0.493 e. The molecule has 4 rings (SSSR count). The van der Waals surface area contributed by atoms with Gasteiger partial charge in [-0.1, -0.05) is 62.4 Å². The lowest BCUT2D eigenvalue weighted by Gasteiger charge is -2.18. The minimum absolute atomic E-state index is 0.116. The highest BCUT2D eigenvalue weighted by molar-refractivity contribution is 6.19. The first-order valence-corrected chi connectivity index (χ1v) is 11.8. The highest BCUT2D eigenvalue weighted by Crippen LogP contribution is 2.36. The molecule has 5 nitrogen and oxygen atoms in total. The Kier molecular flexibility index (Phi) is 7.65. The third kappa shape index (κ3) is 5.00. The minimum atomic E-state index is -0.116. The number of methoxy groups -OCH3 is 1. The molecule has 0 aliphatic carbocycles. The van der Waals surface area contributed by atoms with Crippen molar-refractivity contribution < 1.29 is 18.7 Å². The minimum Gasteiger partial charge on any atom is -0.493 e. The van der Waals surface area contributed by atoms with Gasteiger partial charge in [0, 0.05) is 23.1 Å². The Morgan fingerprint density at radius 3 is 2.38 bits per heavy atom. The van der Waals surface area contributed by atoms with Crippen LogP contribution in [0.2, 0.25) is 0 Å². The maximum Gasteiger partial charge on any atom is 0.197 e. The number of carbonyl (C=O) groups excluding carboxylic acids is 1. The molecule has 5 heteroatoms. The van der Waals surface area contributed by atoms with E-state index in [0.717, 1.165) is 37.0 Å². The van der Waals surface area contributed by atoms with E-state index in [1.807, 2.05) is 60.7 Å². The second-order valence-corrected chi connectivity index (χ2v) is 8.09. The zero-order valence-electron chi connectivity index (χ0n) is 20.0. The van der Waals surface area contributed by atoms with Crippen molar-refractivity contribution in [1.29, 1.82) is 0 Å². The van der Waals surface area contributed by atoms with Gasteiger partial charge in [-0.15, -0.1) is 0 Å². The summed E-state index contributed by atoms with van der Waals surface area (Å²) in [6.45, 7) is 7.96. The zero-order chi connectivity index (χ0) is 23.9. The Labute approximate surface area is 200 Å². The van der Waals surface area contributed by atoms with E-state index < -0.39 is 0 Å². The van der Waals surface area contributed by atoms with Crippen molar-refractivity contribution in [2.75, 3.05) is 33.4 Å². The highest BCUT2D eigenvalue weighted by atomic mass is 16.5. The summed E-state index contributed by atoms with van der Waals surface area (Å²) in [5, 5.41) is 0.794. The van der Waals surface area contributed by atoms with E-state index in [4.69, 9.17) is 13.9 Å². The first-order chi connectivity index (χ1) is 16.7. The number of ketones is 1. The molecule has 0 bridgehead atoms. The molecule has 4 aromatic rings. The lowest BCUT2D eigenvalue weighted by molar-refractivity contribution is 0.104. The molecule has 0 aliphatic rings. The molecular formula is C29H31NO4. The molecule has 1 heterocycles. The summed E-state index contributed by atoms with van der Waals surface area (Å²) in [7, 11) is 1.59. The van der Waals surface area contributed by atoms with Crippen molar-refractivity contribution in [3.05, 3.63) is 83.9 Å². The molecule has 1 aromatic heterocycles. The average molecular weight is 458 g/mol. The predicted octanol–water partition coefficient (Wildman–Crippen LogP) is 6.45. The summed E-state index contributed by atoms with van der Waals surface area (Å²) in [5.41, 5.74) is 2.62. The van der Waals surface area contributed by atoms with Crippen molar-refractivity contribution in [3.8, 4) is 22.8 Å². The number of furan rings is 1. The SMILES string of the molecule is CCN(CC)CCCOc1ccc(C(=O)c2c(-c3ccccc3)oc3ccccc23)cc1OC. The maximum absolute atomic E-state index is 13.7. The number of hydrogen-bond acceptors (Lipinski definition) is 5. The highest BCUT2D eigenvalue weighted by Gasteiger charge is 2.24. The second kappa shape index (κ2) is 11.0. The molecular weight excluding hydrogens is 426 g/mol. The Balaban J connectivity index is 1.61. The third-order valence-electron chi connectivity index (χ3n) is 6.06. The van der Waals surface area contributed by atoms with Gasteiger partial charge in [0.25, 0.3) is 0 Å². The monoisotopic (exact) mass is 457 g/mol. The van der Waals surface area contributed by atoms with Gasteiger partial charge in [-0.25, -0.2) is 0 Å².